The zero-order valence-electron chi connectivity index (χ0n) is 13.7. The highest BCUT2D eigenvalue weighted by molar-refractivity contribution is 7.98. The number of halogens is 6. The molecule has 2 atom stereocenters. The van der Waals surface area contributed by atoms with E-state index in [1.165, 1.54) is 12.1 Å². The normalized spacial score (nSPS) is 14.6. The first-order valence-electron chi connectivity index (χ1n) is 6.92. The fourth-order valence-electron chi connectivity index (χ4n) is 1.63. The SMILES string of the molecule is CC(C)(C)SNC(CC(O)C(F)(F)F)c1cccc(F)c1F.CF. The number of benzene rings is 1. The molecule has 0 aliphatic rings. The third kappa shape index (κ3) is 7.76. The average molecular weight is 377 g/mol. The van der Waals surface area contributed by atoms with E-state index in [9.17, 15) is 31.4 Å². The van der Waals surface area contributed by atoms with Crippen molar-refractivity contribution in [3.05, 3.63) is 35.4 Å². The van der Waals surface area contributed by atoms with Crippen LogP contribution in [0.5, 0.6) is 0 Å². The zero-order valence-corrected chi connectivity index (χ0v) is 14.5. The smallest absolute Gasteiger partial charge is 0.384 e. The van der Waals surface area contributed by atoms with Gasteiger partial charge in [-0.25, -0.2) is 8.78 Å². The van der Waals surface area contributed by atoms with Gasteiger partial charge < -0.3 is 5.11 Å². The molecule has 140 valence electrons. The van der Waals surface area contributed by atoms with E-state index in [4.69, 9.17) is 0 Å². The standard InChI is InChI=1S/C14H18F5NOS.CH3F/c1-13(2,3)22-20-10(7-11(21)14(17,18)19)8-5-4-6-9(15)12(8)16;1-2/h4-6,10-11,20-21H,7H2,1-3H3;1H3. The van der Waals surface area contributed by atoms with Gasteiger partial charge in [-0.3, -0.25) is 9.11 Å². The van der Waals surface area contributed by atoms with Crippen molar-refractivity contribution in [2.75, 3.05) is 7.18 Å². The molecule has 0 bridgehead atoms. The molecule has 2 unspecified atom stereocenters. The molecular formula is C15H21F6NOS. The van der Waals surface area contributed by atoms with E-state index in [-0.39, 0.29) is 10.3 Å². The summed E-state index contributed by atoms with van der Waals surface area (Å²) in [6.07, 6.45) is -8.27. The van der Waals surface area contributed by atoms with E-state index in [2.05, 4.69) is 4.72 Å². The molecule has 0 fully saturated rings. The fraction of sp³-hybridized carbons (Fsp3) is 0.600. The lowest BCUT2D eigenvalue weighted by atomic mass is 10.0. The minimum absolute atomic E-state index is 0.250. The van der Waals surface area contributed by atoms with E-state index in [0.717, 1.165) is 18.0 Å². The first-order valence-corrected chi connectivity index (χ1v) is 7.73. The first kappa shape index (κ1) is 23.1. The van der Waals surface area contributed by atoms with Crippen molar-refractivity contribution in [3.63, 3.8) is 0 Å². The average Bonchev–Trinajstić information content (AvgIpc) is 2.46. The molecule has 0 saturated heterocycles. The van der Waals surface area contributed by atoms with Crippen LogP contribution >= 0.6 is 11.9 Å². The van der Waals surface area contributed by atoms with Crippen molar-refractivity contribution in [2.45, 2.75) is 50.3 Å². The van der Waals surface area contributed by atoms with Gasteiger partial charge >= 0.3 is 6.18 Å². The number of hydrogen-bond acceptors (Lipinski definition) is 3. The van der Waals surface area contributed by atoms with Gasteiger partial charge in [0.25, 0.3) is 0 Å². The molecule has 2 nitrogen and oxygen atoms in total. The summed E-state index contributed by atoms with van der Waals surface area (Å²) < 4.78 is 76.5. The highest BCUT2D eigenvalue weighted by Crippen LogP contribution is 2.33. The Kier molecular flexibility index (Phi) is 9.16. The maximum absolute atomic E-state index is 13.8. The Bertz CT molecular complexity index is 504. The van der Waals surface area contributed by atoms with Crippen molar-refractivity contribution in [1.82, 2.24) is 4.72 Å². The largest absolute Gasteiger partial charge is 0.414 e. The summed E-state index contributed by atoms with van der Waals surface area (Å²) in [5.41, 5.74) is -0.250. The minimum Gasteiger partial charge on any atom is -0.384 e. The van der Waals surface area contributed by atoms with Crippen LogP contribution in [0, 0.1) is 11.6 Å². The summed E-state index contributed by atoms with van der Waals surface area (Å²) in [6, 6.07) is 2.11. The summed E-state index contributed by atoms with van der Waals surface area (Å²) >= 11 is 1.09. The number of aliphatic hydroxyl groups excluding tert-OH is 1. The van der Waals surface area contributed by atoms with Gasteiger partial charge in [0.15, 0.2) is 17.7 Å². The van der Waals surface area contributed by atoms with Gasteiger partial charge in [0.1, 0.15) is 0 Å². The van der Waals surface area contributed by atoms with Crippen molar-refractivity contribution in [3.8, 4) is 0 Å². The van der Waals surface area contributed by atoms with Crippen LogP contribution < -0.4 is 4.72 Å². The van der Waals surface area contributed by atoms with Gasteiger partial charge in [-0.05, 0) is 26.8 Å². The Balaban J connectivity index is 0.00000254. The molecule has 0 aromatic heterocycles. The quantitative estimate of drug-likeness (QED) is 0.563. The second kappa shape index (κ2) is 9.53. The highest BCUT2D eigenvalue weighted by Gasteiger charge is 2.40. The number of nitrogens with one attached hydrogen (secondary N) is 1. The van der Waals surface area contributed by atoms with Gasteiger partial charge in [0.2, 0.25) is 0 Å². The van der Waals surface area contributed by atoms with Crippen molar-refractivity contribution >= 4 is 11.9 Å². The van der Waals surface area contributed by atoms with Crippen LogP contribution in [0.4, 0.5) is 26.3 Å². The maximum Gasteiger partial charge on any atom is 0.414 e. The third-order valence-electron chi connectivity index (χ3n) is 2.70. The van der Waals surface area contributed by atoms with Crippen LogP contribution in [-0.4, -0.2) is 29.3 Å². The molecule has 0 spiro atoms. The molecule has 0 aliphatic carbocycles. The molecule has 0 saturated carbocycles. The number of aliphatic hydroxyl groups is 1. The first-order chi connectivity index (χ1) is 10.9. The molecule has 1 rings (SSSR count). The predicted octanol–water partition coefficient (Wildman–Crippen LogP) is 4.94. The van der Waals surface area contributed by atoms with E-state index < -0.39 is 36.4 Å². The summed E-state index contributed by atoms with van der Waals surface area (Å²) in [6.45, 7) is 5.43. The number of rotatable bonds is 5. The van der Waals surface area contributed by atoms with Crippen LogP contribution in [0.3, 0.4) is 0 Å². The van der Waals surface area contributed by atoms with Crippen LogP contribution in [-0.2, 0) is 0 Å². The van der Waals surface area contributed by atoms with Gasteiger partial charge in [0.05, 0.1) is 7.18 Å². The van der Waals surface area contributed by atoms with Crippen LogP contribution in [0.25, 0.3) is 0 Å². The highest BCUT2D eigenvalue weighted by atomic mass is 32.2. The summed E-state index contributed by atoms with van der Waals surface area (Å²) in [4.78, 5) is 0. The van der Waals surface area contributed by atoms with E-state index in [1.807, 2.05) is 20.8 Å². The lowest BCUT2D eigenvalue weighted by Gasteiger charge is -2.27. The second-order valence-corrected chi connectivity index (χ2v) is 7.49. The van der Waals surface area contributed by atoms with Gasteiger partial charge in [-0.2, -0.15) is 13.2 Å². The van der Waals surface area contributed by atoms with Gasteiger partial charge in [-0.1, -0.05) is 24.1 Å². The molecule has 24 heavy (non-hydrogen) atoms. The predicted molar refractivity (Wildman–Crippen MR) is 83.3 cm³/mol. The summed E-state index contributed by atoms with van der Waals surface area (Å²) in [7, 11) is 0.500. The Labute approximate surface area is 141 Å². The Morgan fingerprint density at radius 2 is 1.67 bits per heavy atom. The lowest BCUT2D eigenvalue weighted by molar-refractivity contribution is -0.206. The van der Waals surface area contributed by atoms with Crippen LogP contribution in [0.2, 0.25) is 0 Å². The maximum atomic E-state index is 13.8. The molecule has 1 aromatic carbocycles. The number of hydrogen-bond donors (Lipinski definition) is 2. The van der Waals surface area contributed by atoms with Crippen LogP contribution in [0.1, 0.15) is 38.8 Å². The molecule has 0 heterocycles. The minimum atomic E-state index is -4.82. The number of alkyl halides is 4. The van der Waals surface area contributed by atoms with E-state index >= 15 is 0 Å². The summed E-state index contributed by atoms with van der Waals surface area (Å²) in [5.74, 6) is -2.37. The van der Waals surface area contributed by atoms with Crippen molar-refractivity contribution in [1.29, 1.82) is 0 Å². The van der Waals surface area contributed by atoms with Gasteiger partial charge in [0, 0.05) is 22.8 Å². The Hall–Kier alpha value is -0.930. The lowest BCUT2D eigenvalue weighted by Crippen LogP contribution is -2.34. The molecule has 0 radical (unpaired) electrons. The molecule has 9 heteroatoms. The molecule has 0 aliphatic heterocycles. The molecule has 2 N–H and O–H groups in total. The third-order valence-corrected chi connectivity index (χ3v) is 3.72. The second-order valence-electron chi connectivity index (χ2n) is 5.82. The van der Waals surface area contributed by atoms with Crippen molar-refractivity contribution in [2.24, 2.45) is 0 Å². The fourth-order valence-corrected chi connectivity index (χ4v) is 2.35. The summed E-state index contributed by atoms with van der Waals surface area (Å²) in [5, 5.41) is 9.22. The Morgan fingerprint density at radius 1 is 1.12 bits per heavy atom. The van der Waals surface area contributed by atoms with Crippen LogP contribution in [0.15, 0.2) is 18.2 Å². The molecule has 1 aromatic rings. The van der Waals surface area contributed by atoms with Gasteiger partial charge in [-0.15, -0.1) is 0 Å². The monoisotopic (exact) mass is 377 g/mol. The zero-order chi connectivity index (χ0) is 19.1. The van der Waals surface area contributed by atoms with E-state index in [1.54, 1.807) is 0 Å². The van der Waals surface area contributed by atoms with Crippen molar-refractivity contribution < 1.29 is 31.4 Å². The Morgan fingerprint density at radius 3 is 2.12 bits per heavy atom. The topological polar surface area (TPSA) is 32.3 Å². The molecule has 0 amide bonds. The molecular weight excluding hydrogens is 356 g/mol. The van der Waals surface area contributed by atoms with E-state index in [0.29, 0.717) is 7.18 Å².